The molecule has 2 rings (SSSR count). The number of carbonyl (C=O) groups is 1. The maximum Gasteiger partial charge on any atom is 0.212 e. The summed E-state index contributed by atoms with van der Waals surface area (Å²) in [5.74, 6) is -0.964. The standard InChI is InChI=1S/C11H9FN2O/c12-9-4-3-7(13)6-8(9)11(15)10-2-1-5-14-10/h1-6,14H,13H2. The quantitative estimate of drug-likeness (QED) is 0.580. The lowest BCUT2D eigenvalue weighted by atomic mass is 10.1. The Morgan fingerprint density at radius 1 is 1.33 bits per heavy atom. The fraction of sp³-hybridized carbons (Fsp3) is 0. The van der Waals surface area contributed by atoms with E-state index in [4.69, 9.17) is 5.73 Å². The lowest BCUT2D eigenvalue weighted by Crippen LogP contribution is -2.05. The van der Waals surface area contributed by atoms with Crippen molar-refractivity contribution in [3.8, 4) is 0 Å². The second-order valence-corrected chi connectivity index (χ2v) is 3.15. The van der Waals surface area contributed by atoms with Gasteiger partial charge in [-0.05, 0) is 30.3 Å². The van der Waals surface area contributed by atoms with Crippen molar-refractivity contribution in [3.63, 3.8) is 0 Å². The number of hydrogen-bond donors (Lipinski definition) is 2. The highest BCUT2D eigenvalue weighted by Gasteiger charge is 2.14. The molecule has 0 spiro atoms. The molecule has 4 heteroatoms. The predicted octanol–water partition coefficient (Wildman–Crippen LogP) is 1.97. The van der Waals surface area contributed by atoms with Crippen LogP contribution < -0.4 is 5.73 Å². The zero-order valence-corrected chi connectivity index (χ0v) is 7.83. The van der Waals surface area contributed by atoms with Crippen molar-refractivity contribution in [2.45, 2.75) is 0 Å². The fourth-order valence-corrected chi connectivity index (χ4v) is 1.33. The summed E-state index contributed by atoms with van der Waals surface area (Å²) in [5.41, 5.74) is 6.19. The number of rotatable bonds is 2. The molecule has 0 amide bonds. The number of nitrogens with one attached hydrogen (secondary N) is 1. The molecule has 0 aliphatic heterocycles. The zero-order valence-electron chi connectivity index (χ0n) is 7.83. The van der Waals surface area contributed by atoms with Crippen molar-refractivity contribution in [2.24, 2.45) is 0 Å². The first-order valence-electron chi connectivity index (χ1n) is 4.41. The van der Waals surface area contributed by atoms with Crippen LogP contribution in [0.3, 0.4) is 0 Å². The minimum Gasteiger partial charge on any atom is -0.399 e. The summed E-state index contributed by atoms with van der Waals surface area (Å²) in [4.78, 5) is 14.5. The second-order valence-electron chi connectivity index (χ2n) is 3.15. The average Bonchev–Trinajstić information content (AvgIpc) is 2.74. The number of aromatic amines is 1. The molecular weight excluding hydrogens is 195 g/mol. The molecule has 2 aromatic rings. The molecular formula is C11H9FN2O. The number of carbonyl (C=O) groups excluding carboxylic acids is 1. The van der Waals surface area contributed by atoms with Gasteiger partial charge < -0.3 is 10.7 Å². The monoisotopic (exact) mass is 204 g/mol. The number of nitrogens with two attached hydrogens (primary N) is 1. The van der Waals surface area contributed by atoms with E-state index in [9.17, 15) is 9.18 Å². The average molecular weight is 204 g/mol. The van der Waals surface area contributed by atoms with Gasteiger partial charge in [-0.2, -0.15) is 0 Å². The molecule has 0 saturated heterocycles. The highest BCUT2D eigenvalue weighted by Crippen LogP contribution is 2.15. The van der Waals surface area contributed by atoms with Crippen LogP contribution in [0.1, 0.15) is 16.1 Å². The number of halogens is 1. The molecule has 1 aromatic carbocycles. The van der Waals surface area contributed by atoms with Gasteiger partial charge in [-0.3, -0.25) is 4.79 Å². The largest absolute Gasteiger partial charge is 0.399 e. The first-order valence-corrected chi connectivity index (χ1v) is 4.41. The number of nitrogen functional groups attached to an aromatic ring is 1. The third kappa shape index (κ3) is 1.74. The van der Waals surface area contributed by atoms with Crippen molar-refractivity contribution in [3.05, 3.63) is 53.6 Å². The van der Waals surface area contributed by atoms with Crippen molar-refractivity contribution < 1.29 is 9.18 Å². The SMILES string of the molecule is Nc1ccc(F)c(C(=O)c2ccc[nH]2)c1. The summed E-state index contributed by atoms with van der Waals surface area (Å²) in [6, 6.07) is 7.20. The van der Waals surface area contributed by atoms with E-state index in [1.807, 2.05) is 0 Å². The van der Waals surface area contributed by atoms with Gasteiger partial charge in [0.05, 0.1) is 11.3 Å². The Hall–Kier alpha value is -2.10. The maximum atomic E-state index is 13.3. The lowest BCUT2D eigenvalue weighted by Gasteiger charge is -2.01. The topological polar surface area (TPSA) is 58.9 Å². The predicted molar refractivity (Wildman–Crippen MR) is 55.0 cm³/mol. The lowest BCUT2D eigenvalue weighted by molar-refractivity contribution is 0.103. The van der Waals surface area contributed by atoms with Gasteiger partial charge in [0, 0.05) is 11.9 Å². The Kier molecular flexibility index (Phi) is 2.25. The first-order chi connectivity index (χ1) is 7.18. The summed E-state index contributed by atoms with van der Waals surface area (Å²) in [6.07, 6.45) is 1.61. The molecule has 3 N–H and O–H groups in total. The highest BCUT2D eigenvalue weighted by atomic mass is 19.1. The van der Waals surface area contributed by atoms with Gasteiger partial charge in [0.25, 0.3) is 0 Å². The summed E-state index contributed by atoms with van der Waals surface area (Å²) >= 11 is 0. The summed E-state index contributed by atoms with van der Waals surface area (Å²) in [7, 11) is 0. The minimum absolute atomic E-state index is 0.0162. The number of hydrogen-bond acceptors (Lipinski definition) is 2. The number of ketones is 1. The fourth-order valence-electron chi connectivity index (χ4n) is 1.33. The molecule has 0 radical (unpaired) electrons. The van der Waals surface area contributed by atoms with Crippen LogP contribution in [-0.4, -0.2) is 10.8 Å². The number of anilines is 1. The van der Waals surface area contributed by atoms with Gasteiger partial charge in [-0.15, -0.1) is 0 Å². The Morgan fingerprint density at radius 3 is 2.80 bits per heavy atom. The Labute approximate surface area is 85.7 Å². The zero-order chi connectivity index (χ0) is 10.8. The van der Waals surface area contributed by atoms with E-state index in [1.165, 1.54) is 18.2 Å². The van der Waals surface area contributed by atoms with E-state index >= 15 is 0 Å². The Morgan fingerprint density at radius 2 is 2.13 bits per heavy atom. The van der Waals surface area contributed by atoms with Gasteiger partial charge in [-0.25, -0.2) is 4.39 Å². The molecule has 0 fully saturated rings. The molecule has 0 aliphatic carbocycles. The number of benzene rings is 1. The molecule has 76 valence electrons. The van der Waals surface area contributed by atoms with Gasteiger partial charge in [0.2, 0.25) is 5.78 Å². The van der Waals surface area contributed by atoms with E-state index in [0.29, 0.717) is 11.4 Å². The minimum atomic E-state index is -0.566. The van der Waals surface area contributed by atoms with E-state index in [0.717, 1.165) is 0 Å². The van der Waals surface area contributed by atoms with E-state index in [1.54, 1.807) is 18.3 Å². The van der Waals surface area contributed by atoms with Crippen LogP contribution in [0.5, 0.6) is 0 Å². The summed E-state index contributed by atoms with van der Waals surface area (Å²) < 4.78 is 13.3. The summed E-state index contributed by atoms with van der Waals surface area (Å²) in [5, 5.41) is 0. The van der Waals surface area contributed by atoms with Crippen LogP contribution in [0, 0.1) is 5.82 Å². The van der Waals surface area contributed by atoms with Gasteiger partial charge in [-0.1, -0.05) is 0 Å². The molecule has 1 heterocycles. The van der Waals surface area contributed by atoms with Crippen molar-refractivity contribution in [1.29, 1.82) is 0 Å². The molecule has 0 unspecified atom stereocenters. The van der Waals surface area contributed by atoms with Crippen molar-refractivity contribution in [1.82, 2.24) is 4.98 Å². The van der Waals surface area contributed by atoms with Crippen LogP contribution in [0.25, 0.3) is 0 Å². The molecule has 15 heavy (non-hydrogen) atoms. The van der Waals surface area contributed by atoms with Gasteiger partial charge >= 0.3 is 0 Å². The molecule has 0 atom stereocenters. The van der Waals surface area contributed by atoms with Crippen LogP contribution in [0.15, 0.2) is 36.5 Å². The highest BCUT2D eigenvalue weighted by molar-refractivity contribution is 6.08. The van der Waals surface area contributed by atoms with Crippen LogP contribution in [0.2, 0.25) is 0 Å². The van der Waals surface area contributed by atoms with E-state index < -0.39 is 11.6 Å². The normalized spacial score (nSPS) is 10.2. The Balaban J connectivity index is 2.46. The van der Waals surface area contributed by atoms with Crippen LogP contribution in [-0.2, 0) is 0 Å². The summed E-state index contributed by atoms with van der Waals surface area (Å²) in [6.45, 7) is 0. The van der Waals surface area contributed by atoms with Gasteiger partial charge in [0.15, 0.2) is 0 Å². The first kappa shape index (κ1) is 9.45. The van der Waals surface area contributed by atoms with Crippen molar-refractivity contribution in [2.75, 3.05) is 5.73 Å². The number of H-pyrrole nitrogens is 1. The van der Waals surface area contributed by atoms with Crippen molar-refractivity contribution >= 4 is 11.5 Å². The third-order valence-corrected chi connectivity index (χ3v) is 2.08. The van der Waals surface area contributed by atoms with Gasteiger partial charge in [0.1, 0.15) is 5.82 Å². The van der Waals surface area contributed by atoms with Crippen LogP contribution >= 0.6 is 0 Å². The maximum absolute atomic E-state index is 13.3. The van der Waals surface area contributed by atoms with E-state index in [2.05, 4.69) is 4.98 Å². The number of aromatic nitrogens is 1. The Bertz CT molecular complexity index is 491. The molecule has 0 bridgehead atoms. The molecule has 0 saturated carbocycles. The molecule has 3 nitrogen and oxygen atoms in total. The molecule has 1 aromatic heterocycles. The smallest absolute Gasteiger partial charge is 0.212 e. The molecule has 0 aliphatic rings. The van der Waals surface area contributed by atoms with Crippen LogP contribution in [0.4, 0.5) is 10.1 Å². The third-order valence-electron chi connectivity index (χ3n) is 2.08. The second kappa shape index (κ2) is 3.57. The van der Waals surface area contributed by atoms with E-state index in [-0.39, 0.29) is 5.56 Å².